The summed E-state index contributed by atoms with van der Waals surface area (Å²) in [4.78, 5) is 0. The molecule has 6 atom stereocenters. The van der Waals surface area contributed by atoms with E-state index < -0.39 is 26.2 Å². The van der Waals surface area contributed by atoms with Crippen molar-refractivity contribution in [2.24, 2.45) is 0 Å². The molecule has 76 heavy (non-hydrogen) atoms. The third kappa shape index (κ3) is 9.87. The van der Waals surface area contributed by atoms with Crippen LogP contribution in [0.25, 0.3) is 0 Å². The second-order valence-electron chi connectivity index (χ2n) is 19.6. The van der Waals surface area contributed by atoms with Gasteiger partial charge in [-0.3, -0.25) is 18.4 Å². The van der Waals surface area contributed by atoms with Gasteiger partial charge in [-0.05, 0) is 37.9 Å². The summed E-state index contributed by atoms with van der Waals surface area (Å²) < 4.78 is 26.3. The van der Waals surface area contributed by atoms with Crippen molar-refractivity contribution in [1.29, 1.82) is 0 Å². The van der Waals surface area contributed by atoms with Crippen molar-refractivity contribution in [2.75, 3.05) is 27.3 Å². The molecule has 10 aromatic rings. The van der Waals surface area contributed by atoms with Crippen molar-refractivity contribution in [1.82, 2.24) is 27.6 Å². The Hall–Kier alpha value is -5.61. The minimum absolute atomic E-state index is 0. The van der Waals surface area contributed by atoms with Gasteiger partial charge in [0.2, 0.25) is 0 Å². The molecular formula is C53H70B4Cl2Mg2N14O+6. The summed E-state index contributed by atoms with van der Waals surface area (Å²) in [5, 5.41) is 14.0. The first-order valence-electron chi connectivity index (χ1n) is 26.0. The molecule has 23 heteroatoms. The molecule has 382 valence electrons. The fourth-order valence-electron chi connectivity index (χ4n) is 13.1. The van der Waals surface area contributed by atoms with E-state index in [1.54, 1.807) is 0 Å². The van der Waals surface area contributed by atoms with E-state index in [9.17, 15) is 0 Å². The van der Waals surface area contributed by atoms with E-state index in [1.165, 1.54) is 63.4 Å². The second-order valence-corrected chi connectivity index (χ2v) is 19.6. The van der Waals surface area contributed by atoms with Gasteiger partial charge in [0, 0.05) is 86.8 Å². The van der Waals surface area contributed by atoms with Crippen molar-refractivity contribution in [3.05, 3.63) is 232 Å². The van der Waals surface area contributed by atoms with E-state index in [0.717, 1.165) is 13.2 Å². The number of rotatable bonds is 10. The molecule has 0 amide bonds. The van der Waals surface area contributed by atoms with Crippen molar-refractivity contribution in [3.8, 4) is 0 Å². The van der Waals surface area contributed by atoms with Gasteiger partial charge in [0.05, 0.1) is 0 Å². The third-order valence-electron chi connectivity index (χ3n) is 16.0. The zero-order valence-corrected chi connectivity index (χ0v) is 48.7. The number of halogens is 2. The molecule has 6 aromatic heterocycles. The first-order valence-corrected chi connectivity index (χ1v) is 26.0. The van der Waals surface area contributed by atoms with Crippen LogP contribution in [-0.4, -0.2) is 127 Å². The summed E-state index contributed by atoms with van der Waals surface area (Å²) in [7, 11) is 4.61. The zero-order chi connectivity index (χ0) is 49.4. The molecule has 0 spiro atoms. The number of hydrogen-bond donors (Lipinski definition) is 2. The Morgan fingerprint density at radius 3 is 1.01 bits per heavy atom. The van der Waals surface area contributed by atoms with E-state index in [2.05, 4.69) is 292 Å². The summed E-state index contributed by atoms with van der Waals surface area (Å²) in [6.45, 7) is 0.434. The Bertz CT molecular complexity index is 2780. The Morgan fingerprint density at radius 2 is 0.750 bits per heavy atom. The third-order valence-corrected chi connectivity index (χ3v) is 16.0. The quantitative estimate of drug-likeness (QED) is 0.131. The summed E-state index contributed by atoms with van der Waals surface area (Å²) in [6.07, 6.45) is 31.9. The largest absolute Gasteiger partial charge is 2.00 e. The molecule has 2 unspecified atom stereocenters. The molecule has 9 heterocycles. The second kappa shape index (κ2) is 26.6. The van der Waals surface area contributed by atoms with Crippen LogP contribution in [0.3, 0.4) is 0 Å². The minimum Gasteiger partial charge on any atom is -1.00 e. The van der Waals surface area contributed by atoms with Gasteiger partial charge in [-0.1, -0.05) is 165 Å². The fraction of sp³-hybridized carbons (Fsp3) is 0.208. The Labute approximate surface area is 491 Å². The number of benzene rings is 4. The van der Waals surface area contributed by atoms with Crippen molar-refractivity contribution < 1.29 is 68.6 Å². The van der Waals surface area contributed by atoms with Crippen LogP contribution in [0.1, 0.15) is 46.0 Å². The number of H-pyrrole nitrogens is 4. The number of aromatic amines is 4. The maximum absolute atomic E-state index is 4.94. The van der Waals surface area contributed by atoms with E-state index in [4.69, 9.17) is 4.74 Å². The SMILES string of the molecule is C1CCOC1.CCCCC.C[NH+]1[B@-](c2ccccc2)(n2ccc[nH+]2)n2ccc[n+]2[B@-]1(c1ccccc1)n1ccc[nH+]1.C[NH+]1[B@@-](c2ccccc2)(n2ccc[nH+]2)n2ccc[n+]2[B@@-]1(c1ccccc1)n1ccc[nH+]1.[Cl-].[Cl-].[Mg+2].[Mg+2]. The van der Waals surface area contributed by atoms with Crippen LogP contribution in [0.15, 0.2) is 232 Å². The fourth-order valence-corrected chi connectivity index (χ4v) is 13.1. The molecule has 13 rings (SSSR count). The maximum Gasteiger partial charge on any atom is 2.00 e. The molecule has 0 aliphatic carbocycles. The predicted octanol–water partition coefficient (Wildman–Crippen LogP) is -7.72. The van der Waals surface area contributed by atoms with Gasteiger partial charge in [0.25, 0.3) is 0 Å². The van der Waals surface area contributed by atoms with Gasteiger partial charge >= 0.3 is 72.3 Å². The molecule has 1 saturated heterocycles. The van der Waals surface area contributed by atoms with Crippen LogP contribution in [0.5, 0.6) is 0 Å². The molecule has 0 bridgehead atoms. The van der Waals surface area contributed by atoms with E-state index in [0.29, 0.717) is 0 Å². The molecular weight excluding hydrogens is 1010 g/mol. The zero-order valence-electron chi connectivity index (χ0n) is 44.4. The Balaban J connectivity index is 0.000000200. The molecule has 0 radical (unpaired) electrons. The Morgan fingerprint density at radius 1 is 0.434 bits per heavy atom. The molecule has 3 aliphatic heterocycles. The standard InChI is InChI=1S/2C22H23B2N7.C5H12.C4H8O.2ClH.2Mg/c2*1-27-23(28-17-8-15-25-28,21-11-4-2-5-12-21)30-19-10-20-31(30)24(27,29-18-9-16-26-29)22-13-6-3-7-14-22;1-3-5-4-2;1-2-4-5-3-1;;;;/h2*2-20,27H,1H3;3-5H2,1-2H3;1-4H2;2*1H;;/q;;;;;;2*+2/p+2/t2*23-,24+;;;;;;. The van der Waals surface area contributed by atoms with Crippen molar-refractivity contribution in [3.63, 3.8) is 0 Å². The number of fused-ring (bicyclic) bond motifs is 2. The number of nitrogens with one attached hydrogen (secondary N) is 6. The van der Waals surface area contributed by atoms with Crippen LogP contribution < -0.4 is 85.7 Å². The monoisotopic (exact) mass is 1080 g/mol. The summed E-state index contributed by atoms with van der Waals surface area (Å²) in [6, 6.07) is 55.7. The van der Waals surface area contributed by atoms with Gasteiger partial charge in [-0.25, -0.2) is 9.19 Å². The van der Waals surface area contributed by atoms with Gasteiger partial charge in [-0.15, -0.1) is 0 Å². The number of unbranched alkanes of at least 4 members (excludes halogenated alkanes) is 2. The molecule has 15 nitrogen and oxygen atoms in total. The molecule has 6 N–H and O–H groups in total. The number of quaternary nitrogens is 2. The van der Waals surface area contributed by atoms with Gasteiger partial charge in [0.1, 0.15) is 12.4 Å². The number of hydrogen-bond acceptors (Lipinski definition) is 1. The van der Waals surface area contributed by atoms with Gasteiger partial charge < -0.3 is 39.0 Å². The van der Waals surface area contributed by atoms with E-state index in [1.807, 2.05) is 24.8 Å². The number of nitrogens with zero attached hydrogens (tertiary/aromatic N) is 8. The predicted molar refractivity (Wildman–Crippen MR) is 294 cm³/mol. The average molecular weight is 1080 g/mol. The van der Waals surface area contributed by atoms with Gasteiger partial charge in [-0.2, -0.15) is 29.6 Å². The van der Waals surface area contributed by atoms with E-state index in [-0.39, 0.29) is 70.9 Å². The first-order chi connectivity index (χ1) is 35.5. The van der Waals surface area contributed by atoms with E-state index >= 15 is 0 Å². The topological polar surface area (TPSA) is 112 Å². The normalized spacial score (nSPS) is 22.4. The maximum atomic E-state index is 4.94. The van der Waals surface area contributed by atoms with Crippen LogP contribution in [0.2, 0.25) is 0 Å². The Kier molecular flexibility index (Phi) is 20.9. The summed E-state index contributed by atoms with van der Waals surface area (Å²) >= 11 is 0. The smallest absolute Gasteiger partial charge is 1.00 e. The summed E-state index contributed by atoms with van der Waals surface area (Å²) in [5.74, 6) is 0. The average Bonchev–Trinajstić information content (AvgIpc) is 4.28. The molecule has 4 aromatic carbocycles. The van der Waals surface area contributed by atoms with Crippen LogP contribution >= 0.6 is 0 Å². The number of aromatic nitrogens is 12. The van der Waals surface area contributed by atoms with Crippen LogP contribution in [0, 0.1) is 0 Å². The van der Waals surface area contributed by atoms with Crippen LogP contribution in [-0.2, 0) is 4.74 Å². The number of ether oxygens (including phenoxy) is 1. The molecule has 1 fully saturated rings. The molecule has 3 aliphatic rings. The van der Waals surface area contributed by atoms with Crippen molar-refractivity contribution >= 4 is 94.2 Å². The van der Waals surface area contributed by atoms with Crippen molar-refractivity contribution in [2.45, 2.75) is 46.0 Å². The molecule has 0 saturated carbocycles. The minimum atomic E-state index is -1.50. The first kappa shape index (κ1) is 59.6. The summed E-state index contributed by atoms with van der Waals surface area (Å²) in [5.41, 5.74) is 5.02. The van der Waals surface area contributed by atoms with Crippen LogP contribution in [0.4, 0.5) is 0 Å². The van der Waals surface area contributed by atoms with Gasteiger partial charge in [0.15, 0.2) is 24.8 Å².